The van der Waals surface area contributed by atoms with Crippen molar-refractivity contribution in [3.8, 4) is 0 Å². The molecule has 150 valence electrons. The number of aromatic amines is 1. The minimum atomic E-state index is -0.0110. The number of nitrogens with one attached hydrogen (secondary N) is 2. The van der Waals surface area contributed by atoms with Gasteiger partial charge in [-0.2, -0.15) is 0 Å². The van der Waals surface area contributed by atoms with E-state index in [0.29, 0.717) is 44.2 Å². The fourth-order valence-electron chi connectivity index (χ4n) is 3.00. The zero-order chi connectivity index (χ0) is 19.8. The number of nitrogens with zero attached hydrogens (tertiary/aromatic N) is 2. The second-order valence-corrected chi connectivity index (χ2v) is 7.07. The number of ether oxygens (including phenoxy) is 1. The Bertz CT molecular complexity index is 885. The van der Waals surface area contributed by atoms with Gasteiger partial charge in [0.15, 0.2) is 0 Å². The third-order valence-corrected chi connectivity index (χ3v) is 4.45. The van der Waals surface area contributed by atoms with Gasteiger partial charge in [-0.1, -0.05) is 18.2 Å². The lowest BCUT2D eigenvalue weighted by Crippen LogP contribution is -2.25. The largest absolute Gasteiger partial charge is 0.425 e. The van der Waals surface area contributed by atoms with E-state index in [2.05, 4.69) is 32.6 Å². The van der Waals surface area contributed by atoms with Crippen LogP contribution in [0.25, 0.3) is 10.9 Å². The molecule has 3 rings (SSSR count). The van der Waals surface area contributed by atoms with Crippen molar-refractivity contribution in [1.82, 2.24) is 20.5 Å². The van der Waals surface area contributed by atoms with Crippen molar-refractivity contribution in [2.75, 3.05) is 13.2 Å². The van der Waals surface area contributed by atoms with E-state index in [1.807, 2.05) is 32.2 Å². The topological polar surface area (TPSA) is 93.0 Å². The summed E-state index contributed by atoms with van der Waals surface area (Å²) in [6.07, 6.45) is 5.35. The van der Waals surface area contributed by atoms with E-state index < -0.39 is 0 Å². The molecule has 0 aliphatic heterocycles. The van der Waals surface area contributed by atoms with Gasteiger partial charge in [0.1, 0.15) is 0 Å². The van der Waals surface area contributed by atoms with Crippen LogP contribution >= 0.6 is 0 Å². The highest BCUT2D eigenvalue weighted by Crippen LogP contribution is 2.19. The number of carbonyl (C=O) groups is 1. The molecule has 0 spiro atoms. The van der Waals surface area contributed by atoms with Gasteiger partial charge in [-0.15, -0.1) is 10.2 Å². The first-order valence-corrected chi connectivity index (χ1v) is 9.86. The van der Waals surface area contributed by atoms with Crippen LogP contribution < -0.4 is 5.32 Å². The molecule has 0 fully saturated rings. The fraction of sp³-hybridized carbons (Fsp3) is 0.476. The highest BCUT2D eigenvalue weighted by molar-refractivity contribution is 5.83. The molecular weight excluding hydrogens is 356 g/mol. The number of benzene rings is 1. The summed E-state index contributed by atoms with van der Waals surface area (Å²) < 4.78 is 11.1. The highest BCUT2D eigenvalue weighted by atomic mass is 16.5. The lowest BCUT2D eigenvalue weighted by Gasteiger charge is -2.07. The molecule has 7 heteroatoms. The quantitative estimate of drug-likeness (QED) is 0.495. The Morgan fingerprint density at radius 1 is 1.18 bits per heavy atom. The molecular formula is C21H28N4O3. The van der Waals surface area contributed by atoms with Crippen LogP contribution in [0.3, 0.4) is 0 Å². The van der Waals surface area contributed by atoms with Crippen LogP contribution in [0.5, 0.6) is 0 Å². The Hall–Kier alpha value is -2.67. The molecule has 0 aliphatic carbocycles. The highest BCUT2D eigenvalue weighted by Gasteiger charge is 2.10. The summed E-state index contributed by atoms with van der Waals surface area (Å²) in [4.78, 5) is 15.2. The molecule has 3 aromatic rings. The first-order chi connectivity index (χ1) is 13.6. The van der Waals surface area contributed by atoms with Crippen LogP contribution in [0.4, 0.5) is 0 Å². The lowest BCUT2D eigenvalue weighted by molar-refractivity contribution is -0.121. The summed E-state index contributed by atoms with van der Waals surface area (Å²) in [5.41, 5.74) is 2.36. The van der Waals surface area contributed by atoms with E-state index in [1.54, 1.807) is 0 Å². The molecule has 1 amide bonds. The number of fused-ring (bicyclic) bond motifs is 1. The number of hydrogen-bond acceptors (Lipinski definition) is 5. The average molecular weight is 384 g/mol. The van der Waals surface area contributed by atoms with E-state index in [-0.39, 0.29) is 12.0 Å². The Morgan fingerprint density at radius 3 is 2.79 bits per heavy atom. The van der Waals surface area contributed by atoms with Crippen molar-refractivity contribution in [2.24, 2.45) is 0 Å². The molecule has 7 nitrogen and oxygen atoms in total. The normalized spacial score (nSPS) is 11.4. The second kappa shape index (κ2) is 10.0. The van der Waals surface area contributed by atoms with Crippen molar-refractivity contribution in [2.45, 2.75) is 52.1 Å². The SMILES string of the molecule is CC(C)OCCCNC(=O)CCc1nnc(CCc2c[nH]c3ccccc23)o1. The summed E-state index contributed by atoms with van der Waals surface area (Å²) in [6.45, 7) is 5.27. The van der Waals surface area contributed by atoms with E-state index >= 15 is 0 Å². The smallest absolute Gasteiger partial charge is 0.220 e. The van der Waals surface area contributed by atoms with E-state index in [4.69, 9.17) is 9.15 Å². The van der Waals surface area contributed by atoms with Crippen LogP contribution in [-0.2, 0) is 28.8 Å². The van der Waals surface area contributed by atoms with Gasteiger partial charge in [-0.25, -0.2) is 0 Å². The van der Waals surface area contributed by atoms with Crippen molar-refractivity contribution >= 4 is 16.8 Å². The number of carbonyl (C=O) groups excluding carboxylic acids is 1. The number of aryl methyl sites for hydroxylation is 3. The number of H-pyrrole nitrogens is 1. The molecule has 0 unspecified atom stereocenters. The Morgan fingerprint density at radius 2 is 1.96 bits per heavy atom. The van der Waals surface area contributed by atoms with Crippen LogP contribution in [0.2, 0.25) is 0 Å². The van der Waals surface area contributed by atoms with Gasteiger partial charge in [-0.05, 0) is 38.3 Å². The minimum absolute atomic E-state index is 0.0110. The number of hydrogen-bond donors (Lipinski definition) is 2. The summed E-state index contributed by atoms with van der Waals surface area (Å²) in [5, 5.41) is 12.3. The van der Waals surface area contributed by atoms with E-state index in [9.17, 15) is 4.79 Å². The van der Waals surface area contributed by atoms with Gasteiger partial charge in [0.25, 0.3) is 0 Å². The monoisotopic (exact) mass is 384 g/mol. The van der Waals surface area contributed by atoms with Crippen LogP contribution in [0, 0.1) is 0 Å². The third kappa shape index (κ3) is 5.92. The molecule has 0 saturated heterocycles. The fourth-order valence-corrected chi connectivity index (χ4v) is 3.00. The molecule has 2 aromatic heterocycles. The minimum Gasteiger partial charge on any atom is -0.425 e. The maximum absolute atomic E-state index is 11.9. The maximum atomic E-state index is 11.9. The maximum Gasteiger partial charge on any atom is 0.220 e. The van der Waals surface area contributed by atoms with Gasteiger partial charge in [0.2, 0.25) is 17.7 Å². The average Bonchev–Trinajstić information content (AvgIpc) is 3.31. The zero-order valence-electron chi connectivity index (χ0n) is 16.5. The van der Waals surface area contributed by atoms with Crippen LogP contribution in [-0.4, -0.2) is 40.3 Å². The first-order valence-electron chi connectivity index (χ1n) is 9.86. The Balaban J connectivity index is 1.37. The van der Waals surface area contributed by atoms with Gasteiger partial charge < -0.3 is 19.5 Å². The third-order valence-electron chi connectivity index (χ3n) is 4.45. The molecule has 0 saturated carbocycles. The Labute approximate surface area is 164 Å². The summed E-state index contributed by atoms with van der Waals surface area (Å²) in [6, 6.07) is 8.22. The molecule has 0 aliphatic rings. The van der Waals surface area contributed by atoms with Gasteiger partial charge in [0, 0.05) is 49.5 Å². The summed E-state index contributed by atoms with van der Waals surface area (Å²) >= 11 is 0. The molecule has 0 bridgehead atoms. The Kier molecular flexibility index (Phi) is 7.19. The predicted molar refractivity (Wildman–Crippen MR) is 107 cm³/mol. The van der Waals surface area contributed by atoms with E-state index in [1.165, 1.54) is 10.9 Å². The predicted octanol–water partition coefficient (Wildman–Crippen LogP) is 3.20. The zero-order valence-corrected chi connectivity index (χ0v) is 16.5. The second-order valence-electron chi connectivity index (χ2n) is 7.07. The molecule has 0 radical (unpaired) electrons. The van der Waals surface area contributed by atoms with Crippen molar-refractivity contribution in [1.29, 1.82) is 0 Å². The van der Waals surface area contributed by atoms with Gasteiger partial charge in [-0.3, -0.25) is 4.79 Å². The van der Waals surface area contributed by atoms with Crippen LogP contribution in [0.15, 0.2) is 34.9 Å². The molecule has 1 aromatic carbocycles. The molecule has 2 N–H and O–H groups in total. The number of rotatable bonds is 11. The number of amides is 1. The van der Waals surface area contributed by atoms with Crippen molar-refractivity contribution in [3.63, 3.8) is 0 Å². The molecule has 28 heavy (non-hydrogen) atoms. The molecule has 0 atom stereocenters. The molecule has 2 heterocycles. The number of aromatic nitrogens is 3. The standard InChI is InChI=1S/C21H28N4O3/c1-15(2)27-13-5-12-22-19(26)9-11-21-25-24-20(28-21)10-8-16-14-23-18-7-4-3-6-17(16)18/h3-4,6-7,14-15,23H,5,8-13H2,1-2H3,(H,22,26). The first kappa shape index (κ1) is 20.1. The summed E-state index contributed by atoms with van der Waals surface area (Å²) in [5.74, 6) is 1.10. The number of para-hydroxylation sites is 1. The van der Waals surface area contributed by atoms with Gasteiger partial charge in [0.05, 0.1) is 6.10 Å². The van der Waals surface area contributed by atoms with Gasteiger partial charge >= 0.3 is 0 Å². The van der Waals surface area contributed by atoms with Crippen LogP contribution in [0.1, 0.15) is 44.0 Å². The van der Waals surface area contributed by atoms with E-state index in [0.717, 1.165) is 18.4 Å². The lowest BCUT2D eigenvalue weighted by atomic mass is 10.1. The van der Waals surface area contributed by atoms with Crippen molar-refractivity contribution in [3.05, 3.63) is 47.8 Å². The van der Waals surface area contributed by atoms with Crippen molar-refractivity contribution < 1.29 is 13.9 Å². The summed E-state index contributed by atoms with van der Waals surface area (Å²) in [7, 11) is 0.